The fraction of sp³-hybridized carbons (Fsp3) is 0.750. The van der Waals surface area contributed by atoms with E-state index in [4.69, 9.17) is 10.2 Å². The van der Waals surface area contributed by atoms with Gasteiger partial charge < -0.3 is 10.2 Å². The van der Waals surface area contributed by atoms with Crippen LogP contribution in [0.25, 0.3) is 0 Å². The standard InChI is InChI=1S/C12H20N4O3/c17-6-4-2-1-3-5-15-7-10(8-15)16-9-11(12(18)19)13-14-16/h9-10,17H,1-8H2,(H,18,19). The fourth-order valence-corrected chi connectivity index (χ4v) is 2.25. The summed E-state index contributed by atoms with van der Waals surface area (Å²) < 4.78 is 1.64. The molecule has 0 saturated carbocycles. The van der Waals surface area contributed by atoms with E-state index in [1.807, 2.05) is 0 Å². The minimum atomic E-state index is -1.04. The number of hydrogen-bond acceptors (Lipinski definition) is 5. The van der Waals surface area contributed by atoms with Crippen molar-refractivity contribution in [3.63, 3.8) is 0 Å². The lowest BCUT2D eigenvalue weighted by atomic mass is 10.1. The number of carbonyl (C=O) groups is 1. The maximum atomic E-state index is 10.7. The molecular formula is C12H20N4O3. The topological polar surface area (TPSA) is 91.5 Å². The van der Waals surface area contributed by atoms with E-state index in [-0.39, 0.29) is 18.3 Å². The molecule has 1 saturated heterocycles. The van der Waals surface area contributed by atoms with E-state index in [2.05, 4.69) is 15.2 Å². The van der Waals surface area contributed by atoms with Crippen molar-refractivity contribution in [1.82, 2.24) is 19.9 Å². The molecule has 1 aliphatic heterocycles. The monoisotopic (exact) mass is 268 g/mol. The Morgan fingerprint density at radius 2 is 2.05 bits per heavy atom. The second kappa shape index (κ2) is 6.63. The number of hydrogen-bond donors (Lipinski definition) is 2. The minimum Gasteiger partial charge on any atom is -0.476 e. The van der Waals surface area contributed by atoms with Gasteiger partial charge in [0.2, 0.25) is 0 Å². The van der Waals surface area contributed by atoms with Crippen LogP contribution >= 0.6 is 0 Å². The summed E-state index contributed by atoms with van der Waals surface area (Å²) in [5.74, 6) is -1.04. The van der Waals surface area contributed by atoms with Crippen molar-refractivity contribution in [1.29, 1.82) is 0 Å². The quantitative estimate of drug-likeness (QED) is 0.662. The van der Waals surface area contributed by atoms with Crippen LogP contribution in [0.5, 0.6) is 0 Å². The SMILES string of the molecule is O=C(O)c1cn(C2CN(CCCCCCO)C2)nn1. The lowest BCUT2D eigenvalue weighted by Crippen LogP contribution is -2.48. The van der Waals surface area contributed by atoms with E-state index in [1.54, 1.807) is 4.68 Å². The predicted molar refractivity (Wildman–Crippen MR) is 68.0 cm³/mol. The molecule has 2 rings (SSSR count). The highest BCUT2D eigenvalue weighted by Gasteiger charge is 2.28. The van der Waals surface area contributed by atoms with Crippen LogP contribution in [0.2, 0.25) is 0 Å². The lowest BCUT2D eigenvalue weighted by molar-refractivity contribution is 0.0690. The zero-order valence-electron chi connectivity index (χ0n) is 10.9. The largest absolute Gasteiger partial charge is 0.476 e. The third-order valence-corrected chi connectivity index (χ3v) is 3.42. The van der Waals surface area contributed by atoms with Crippen molar-refractivity contribution in [3.05, 3.63) is 11.9 Å². The Kier molecular flexibility index (Phi) is 4.86. The molecule has 0 aliphatic carbocycles. The van der Waals surface area contributed by atoms with E-state index in [0.29, 0.717) is 0 Å². The Balaban J connectivity index is 1.64. The highest BCUT2D eigenvalue weighted by atomic mass is 16.4. The molecule has 2 heterocycles. The van der Waals surface area contributed by atoms with Gasteiger partial charge in [0.15, 0.2) is 5.69 Å². The Hall–Kier alpha value is -1.47. The van der Waals surface area contributed by atoms with E-state index in [9.17, 15) is 4.79 Å². The van der Waals surface area contributed by atoms with Gasteiger partial charge in [-0.2, -0.15) is 0 Å². The second-order valence-corrected chi connectivity index (χ2v) is 4.94. The lowest BCUT2D eigenvalue weighted by Gasteiger charge is -2.38. The number of aliphatic hydroxyl groups is 1. The summed E-state index contributed by atoms with van der Waals surface area (Å²) in [5.41, 5.74) is 0.00227. The van der Waals surface area contributed by atoms with Gasteiger partial charge in [0.05, 0.1) is 12.2 Å². The first-order valence-corrected chi connectivity index (χ1v) is 6.69. The van der Waals surface area contributed by atoms with Crippen LogP contribution in [0, 0.1) is 0 Å². The van der Waals surface area contributed by atoms with Crippen molar-refractivity contribution in [2.75, 3.05) is 26.2 Å². The van der Waals surface area contributed by atoms with Gasteiger partial charge in [-0.25, -0.2) is 9.48 Å². The zero-order valence-corrected chi connectivity index (χ0v) is 10.9. The first-order valence-electron chi connectivity index (χ1n) is 6.69. The average Bonchev–Trinajstić information content (AvgIpc) is 2.80. The van der Waals surface area contributed by atoms with Gasteiger partial charge in [-0.15, -0.1) is 5.10 Å². The van der Waals surface area contributed by atoms with Crippen LogP contribution < -0.4 is 0 Å². The number of carboxylic acids is 1. The van der Waals surface area contributed by atoms with Crippen LogP contribution in [-0.2, 0) is 0 Å². The predicted octanol–water partition coefficient (Wildman–Crippen LogP) is 0.386. The molecule has 1 aliphatic rings. The number of aromatic carboxylic acids is 1. The summed E-state index contributed by atoms with van der Waals surface area (Å²) in [6.45, 7) is 3.15. The summed E-state index contributed by atoms with van der Waals surface area (Å²) >= 11 is 0. The van der Waals surface area contributed by atoms with Gasteiger partial charge in [0, 0.05) is 19.7 Å². The van der Waals surface area contributed by atoms with Crippen LogP contribution in [0.4, 0.5) is 0 Å². The molecule has 0 bridgehead atoms. The van der Waals surface area contributed by atoms with Crippen LogP contribution in [0.1, 0.15) is 42.2 Å². The van der Waals surface area contributed by atoms with Crippen molar-refractivity contribution < 1.29 is 15.0 Å². The van der Waals surface area contributed by atoms with Gasteiger partial charge in [0.1, 0.15) is 0 Å². The van der Waals surface area contributed by atoms with Crippen molar-refractivity contribution in [3.8, 4) is 0 Å². The van der Waals surface area contributed by atoms with E-state index >= 15 is 0 Å². The van der Waals surface area contributed by atoms with Gasteiger partial charge in [-0.3, -0.25) is 4.90 Å². The molecule has 1 aromatic heterocycles. The number of unbranched alkanes of at least 4 members (excludes halogenated alkanes) is 3. The normalized spacial score (nSPS) is 16.5. The maximum absolute atomic E-state index is 10.7. The molecule has 0 aromatic carbocycles. The van der Waals surface area contributed by atoms with Crippen molar-refractivity contribution in [2.24, 2.45) is 0 Å². The number of aromatic nitrogens is 3. The Morgan fingerprint density at radius 1 is 1.32 bits per heavy atom. The third kappa shape index (κ3) is 3.74. The highest BCUT2D eigenvalue weighted by molar-refractivity contribution is 5.84. The van der Waals surface area contributed by atoms with Gasteiger partial charge >= 0.3 is 5.97 Å². The molecule has 1 fully saturated rings. The molecule has 7 heteroatoms. The molecule has 106 valence electrons. The van der Waals surface area contributed by atoms with Crippen molar-refractivity contribution >= 4 is 5.97 Å². The Morgan fingerprint density at radius 3 is 2.68 bits per heavy atom. The number of likely N-dealkylation sites (tertiary alicyclic amines) is 1. The molecule has 0 unspecified atom stereocenters. The second-order valence-electron chi connectivity index (χ2n) is 4.94. The summed E-state index contributed by atoms with van der Waals surface area (Å²) in [5, 5.41) is 24.9. The number of carboxylic acid groups (broad SMARTS) is 1. The molecular weight excluding hydrogens is 248 g/mol. The smallest absolute Gasteiger partial charge is 0.358 e. The van der Waals surface area contributed by atoms with Crippen LogP contribution in [-0.4, -0.2) is 62.3 Å². The minimum absolute atomic E-state index is 0.00227. The molecule has 2 N–H and O–H groups in total. The Bertz CT molecular complexity index is 415. The molecule has 0 amide bonds. The van der Waals surface area contributed by atoms with E-state index < -0.39 is 5.97 Å². The van der Waals surface area contributed by atoms with Crippen LogP contribution in [0.15, 0.2) is 6.20 Å². The average molecular weight is 268 g/mol. The summed E-state index contributed by atoms with van der Waals surface area (Å²) in [7, 11) is 0. The van der Waals surface area contributed by atoms with E-state index in [1.165, 1.54) is 6.20 Å². The third-order valence-electron chi connectivity index (χ3n) is 3.42. The van der Waals surface area contributed by atoms with Crippen molar-refractivity contribution in [2.45, 2.75) is 31.7 Å². The molecule has 7 nitrogen and oxygen atoms in total. The molecule has 1 aromatic rings. The molecule has 0 spiro atoms. The number of nitrogens with zero attached hydrogens (tertiary/aromatic N) is 4. The summed E-state index contributed by atoms with van der Waals surface area (Å²) in [4.78, 5) is 13.0. The number of aliphatic hydroxyl groups excluding tert-OH is 1. The maximum Gasteiger partial charge on any atom is 0.358 e. The van der Waals surface area contributed by atoms with Crippen LogP contribution in [0.3, 0.4) is 0 Å². The molecule has 0 atom stereocenters. The number of rotatable bonds is 8. The van der Waals surface area contributed by atoms with Gasteiger partial charge in [0.25, 0.3) is 0 Å². The molecule has 0 radical (unpaired) electrons. The highest BCUT2D eigenvalue weighted by Crippen LogP contribution is 2.20. The molecule has 19 heavy (non-hydrogen) atoms. The van der Waals surface area contributed by atoms with Gasteiger partial charge in [-0.05, 0) is 19.4 Å². The first-order chi connectivity index (χ1) is 9.20. The van der Waals surface area contributed by atoms with Gasteiger partial charge in [-0.1, -0.05) is 18.1 Å². The Labute approximate surface area is 111 Å². The first kappa shape index (κ1) is 14.0. The summed E-state index contributed by atoms with van der Waals surface area (Å²) in [6, 6.07) is 0.248. The summed E-state index contributed by atoms with van der Waals surface area (Å²) in [6.07, 6.45) is 5.75. The fourth-order valence-electron chi connectivity index (χ4n) is 2.25. The zero-order chi connectivity index (χ0) is 13.7. The van der Waals surface area contributed by atoms with E-state index in [0.717, 1.165) is 45.3 Å².